The number of fused-ring (bicyclic) bond motifs is 1. The number of rotatable bonds is 1. The summed E-state index contributed by atoms with van der Waals surface area (Å²) in [6, 6.07) is 0. The predicted octanol–water partition coefficient (Wildman–Crippen LogP) is -1.06. The third-order valence-electron chi connectivity index (χ3n) is 2.52. The third kappa shape index (κ3) is 1.14. The van der Waals surface area contributed by atoms with Crippen LogP contribution in [0.2, 0.25) is 0 Å². The zero-order valence-corrected chi connectivity index (χ0v) is 8.64. The second-order valence-corrected chi connectivity index (χ2v) is 8.21. The standard InChI is InChI=1S/C6H10O5S2/c1-12(7,8)6-5-4(2-3-11-5)13(6,9)10/h4-6H,2-3H2,1H3/t4-,5+,6-/m0/s1. The molecule has 0 aliphatic carbocycles. The van der Waals surface area contributed by atoms with Gasteiger partial charge in [-0.15, -0.1) is 0 Å². The lowest BCUT2D eigenvalue weighted by atomic mass is 10.2. The van der Waals surface area contributed by atoms with Crippen LogP contribution < -0.4 is 0 Å². The molecule has 0 aromatic rings. The van der Waals surface area contributed by atoms with Crippen LogP contribution in [0.1, 0.15) is 6.42 Å². The minimum Gasteiger partial charge on any atom is -0.374 e. The normalized spacial score (nSPS) is 42.4. The summed E-state index contributed by atoms with van der Waals surface area (Å²) in [7, 11) is -7.01. The Morgan fingerprint density at radius 2 is 2.00 bits per heavy atom. The van der Waals surface area contributed by atoms with Crippen LogP contribution in [0.15, 0.2) is 0 Å². The molecule has 0 unspecified atom stereocenters. The average Bonchev–Trinajstić information content (AvgIpc) is 2.28. The van der Waals surface area contributed by atoms with Crippen molar-refractivity contribution in [1.82, 2.24) is 0 Å². The Balaban J connectivity index is 2.43. The highest BCUT2D eigenvalue weighted by molar-refractivity contribution is 8.10. The molecule has 3 atom stereocenters. The topological polar surface area (TPSA) is 77.5 Å². The Morgan fingerprint density at radius 1 is 1.38 bits per heavy atom. The van der Waals surface area contributed by atoms with Gasteiger partial charge < -0.3 is 4.74 Å². The van der Waals surface area contributed by atoms with E-state index < -0.39 is 35.6 Å². The molecule has 0 radical (unpaired) electrons. The van der Waals surface area contributed by atoms with E-state index in [2.05, 4.69) is 0 Å². The van der Waals surface area contributed by atoms with Crippen LogP contribution in [-0.4, -0.2) is 45.6 Å². The van der Waals surface area contributed by atoms with E-state index in [0.29, 0.717) is 13.0 Å². The van der Waals surface area contributed by atoms with E-state index in [4.69, 9.17) is 4.74 Å². The van der Waals surface area contributed by atoms with Crippen molar-refractivity contribution < 1.29 is 21.6 Å². The van der Waals surface area contributed by atoms with Gasteiger partial charge in [0, 0.05) is 12.9 Å². The molecule has 0 aromatic heterocycles. The van der Waals surface area contributed by atoms with Gasteiger partial charge in [-0.3, -0.25) is 0 Å². The van der Waals surface area contributed by atoms with E-state index in [9.17, 15) is 16.8 Å². The number of ether oxygens (including phenoxy) is 1. The van der Waals surface area contributed by atoms with Crippen LogP contribution in [0.4, 0.5) is 0 Å². The minimum atomic E-state index is -3.54. The van der Waals surface area contributed by atoms with Gasteiger partial charge >= 0.3 is 0 Å². The van der Waals surface area contributed by atoms with E-state index >= 15 is 0 Å². The van der Waals surface area contributed by atoms with Crippen molar-refractivity contribution >= 4 is 19.7 Å². The van der Waals surface area contributed by atoms with Gasteiger partial charge in [0.2, 0.25) is 0 Å². The fourth-order valence-corrected chi connectivity index (χ4v) is 6.93. The average molecular weight is 226 g/mol. The van der Waals surface area contributed by atoms with Crippen molar-refractivity contribution in [2.45, 2.75) is 22.4 Å². The second-order valence-electron chi connectivity index (χ2n) is 3.45. The van der Waals surface area contributed by atoms with Gasteiger partial charge in [-0.2, -0.15) is 0 Å². The zero-order valence-electron chi connectivity index (χ0n) is 7.00. The summed E-state index contributed by atoms with van der Waals surface area (Å²) in [6.07, 6.45) is 0.756. The van der Waals surface area contributed by atoms with Crippen molar-refractivity contribution in [1.29, 1.82) is 0 Å². The molecule has 2 rings (SSSR count). The van der Waals surface area contributed by atoms with Gasteiger partial charge in [0.15, 0.2) is 24.3 Å². The summed E-state index contributed by atoms with van der Waals surface area (Å²) in [6.45, 7) is 0.348. The second kappa shape index (κ2) is 2.46. The van der Waals surface area contributed by atoms with Crippen LogP contribution >= 0.6 is 0 Å². The molecule has 0 N–H and O–H groups in total. The van der Waals surface area contributed by atoms with E-state index in [-0.39, 0.29) is 0 Å². The molecule has 0 bridgehead atoms. The molecule has 0 saturated carbocycles. The largest absolute Gasteiger partial charge is 0.374 e. The van der Waals surface area contributed by atoms with Crippen LogP contribution in [0, 0.1) is 0 Å². The van der Waals surface area contributed by atoms with E-state index in [0.717, 1.165) is 6.26 Å². The molecule has 13 heavy (non-hydrogen) atoms. The molecule has 0 aromatic carbocycles. The quantitative estimate of drug-likeness (QED) is 0.569. The third-order valence-corrected chi connectivity index (χ3v) is 7.74. The summed E-state index contributed by atoms with van der Waals surface area (Å²) in [5, 5.41) is -0.577. The van der Waals surface area contributed by atoms with Crippen molar-refractivity contribution in [2.24, 2.45) is 0 Å². The van der Waals surface area contributed by atoms with Gasteiger partial charge in [0.1, 0.15) is 6.10 Å². The first kappa shape index (κ1) is 9.42. The monoisotopic (exact) mass is 226 g/mol. The first-order valence-electron chi connectivity index (χ1n) is 3.88. The highest BCUT2D eigenvalue weighted by atomic mass is 32.3. The van der Waals surface area contributed by atoms with Crippen molar-refractivity contribution in [3.8, 4) is 0 Å². The van der Waals surface area contributed by atoms with Crippen LogP contribution in [0.25, 0.3) is 0 Å². The molecule has 0 amide bonds. The van der Waals surface area contributed by atoms with Crippen LogP contribution in [-0.2, 0) is 24.4 Å². The maximum Gasteiger partial charge on any atom is 0.190 e. The first-order chi connectivity index (χ1) is 5.85. The molecule has 2 aliphatic rings. The van der Waals surface area contributed by atoms with E-state index in [1.807, 2.05) is 0 Å². The smallest absolute Gasteiger partial charge is 0.190 e. The number of sulfone groups is 2. The lowest BCUT2D eigenvalue weighted by Crippen LogP contribution is -2.60. The predicted molar refractivity (Wildman–Crippen MR) is 45.7 cm³/mol. The van der Waals surface area contributed by atoms with Gasteiger partial charge in [-0.25, -0.2) is 16.8 Å². The fourth-order valence-electron chi connectivity index (χ4n) is 1.95. The highest BCUT2D eigenvalue weighted by Crippen LogP contribution is 2.41. The molecular formula is C6H10O5S2. The number of hydrogen-bond donors (Lipinski definition) is 0. The van der Waals surface area contributed by atoms with Crippen molar-refractivity contribution in [3.05, 3.63) is 0 Å². The maximum atomic E-state index is 11.4. The molecule has 7 heteroatoms. The Morgan fingerprint density at radius 3 is 2.54 bits per heavy atom. The van der Waals surface area contributed by atoms with Crippen molar-refractivity contribution in [2.75, 3.05) is 12.9 Å². The molecule has 2 saturated heterocycles. The van der Waals surface area contributed by atoms with Gasteiger partial charge in [-0.05, 0) is 6.42 Å². The van der Waals surface area contributed by atoms with Crippen LogP contribution in [0.5, 0.6) is 0 Å². The molecule has 76 valence electrons. The molecular weight excluding hydrogens is 216 g/mol. The summed E-state index contributed by atoms with van der Waals surface area (Å²) < 4.78 is 48.8. The van der Waals surface area contributed by atoms with Gasteiger partial charge in [0.05, 0.1) is 5.25 Å². The molecule has 2 aliphatic heterocycles. The Labute approximate surface area is 76.9 Å². The van der Waals surface area contributed by atoms with Crippen molar-refractivity contribution in [3.63, 3.8) is 0 Å². The molecule has 2 fully saturated rings. The van der Waals surface area contributed by atoms with E-state index in [1.54, 1.807) is 0 Å². The number of hydrogen-bond acceptors (Lipinski definition) is 5. The minimum absolute atomic E-state index is 0.348. The Hall–Kier alpha value is -0.140. The Kier molecular flexibility index (Phi) is 1.78. The van der Waals surface area contributed by atoms with Gasteiger partial charge in [0.25, 0.3) is 0 Å². The SMILES string of the molecule is CS(=O)(=O)[C@@H]1[C@@H]2OCC[C@@H]2S1(=O)=O. The first-order valence-corrected chi connectivity index (χ1v) is 7.45. The summed E-state index contributed by atoms with van der Waals surface area (Å²) in [5.74, 6) is 0. The van der Waals surface area contributed by atoms with E-state index in [1.165, 1.54) is 0 Å². The van der Waals surface area contributed by atoms with Crippen LogP contribution in [0.3, 0.4) is 0 Å². The summed E-state index contributed by atoms with van der Waals surface area (Å²) >= 11 is 0. The molecule has 5 nitrogen and oxygen atoms in total. The summed E-state index contributed by atoms with van der Waals surface area (Å²) in [5.41, 5.74) is 0. The lowest BCUT2D eigenvalue weighted by Gasteiger charge is -2.36. The highest BCUT2D eigenvalue weighted by Gasteiger charge is 2.63. The maximum absolute atomic E-state index is 11.4. The fraction of sp³-hybridized carbons (Fsp3) is 1.00. The Bertz CT molecular complexity index is 420. The lowest BCUT2D eigenvalue weighted by molar-refractivity contribution is 0.111. The molecule has 2 heterocycles. The summed E-state index contributed by atoms with van der Waals surface area (Å²) in [4.78, 5) is 0. The molecule has 0 spiro atoms. The zero-order chi connectivity index (χ0) is 9.85. The van der Waals surface area contributed by atoms with Gasteiger partial charge in [-0.1, -0.05) is 0 Å².